The van der Waals surface area contributed by atoms with Crippen molar-refractivity contribution in [1.29, 1.82) is 0 Å². The van der Waals surface area contributed by atoms with Gasteiger partial charge in [-0.2, -0.15) is 0 Å². The first-order chi connectivity index (χ1) is 4.29. The van der Waals surface area contributed by atoms with Gasteiger partial charge in [0.05, 0.1) is 0 Å². The number of halogens is 6. The quantitative estimate of drug-likeness (QED) is 0.510. The monoisotopic (exact) mass is 294 g/mol. The smallest absolute Gasteiger partial charge is 0.130 e. The van der Waals surface area contributed by atoms with Crippen LogP contribution in [0.4, 0.5) is 0 Å². The van der Waals surface area contributed by atoms with Gasteiger partial charge in [0, 0.05) is 0 Å². The largest absolute Gasteiger partial charge is 0.365 e. The molecular formula is C2H4Cl6Si2. The van der Waals surface area contributed by atoms with Gasteiger partial charge in [0.25, 0.3) is 0 Å². The first kappa shape index (κ1) is 14.4. The molecule has 0 aliphatic heterocycles. The molecule has 0 N–H and O–H groups in total. The van der Waals surface area contributed by atoms with Crippen molar-refractivity contribution in [1.82, 2.24) is 0 Å². The van der Waals surface area contributed by atoms with Crippen LogP contribution in [-0.4, -0.2) is 12.7 Å². The summed E-state index contributed by atoms with van der Waals surface area (Å²) in [7, 11) is 0. The molecular weight excluding hydrogens is 293 g/mol. The Morgan fingerprint density at radius 2 is 1.20 bits per heavy atom. The van der Waals surface area contributed by atoms with Crippen LogP contribution in [0.3, 0.4) is 0 Å². The Bertz CT molecular complexity index is 83.5. The molecule has 0 saturated heterocycles. The summed E-state index contributed by atoms with van der Waals surface area (Å²) in [4.78, 5) is 0. The van der Waals surface area contributed by atoms with Crippen LogP contribution in [0.15, 0.2) is 12.3 Å². The Hall–Kier alpha value is 1.91. The molecule has 0 aromatic heterocycles. The van der Waals surface area contributed by atoms with Crippen molar-refractivity contribution in [3.63, 3.8) is 0 Å². The van der Waals surface area contributed by atoms with E-state index in [1.807, 2.05) is 0 Å². The van der Waals surface area contributed by atoms with E-state index in [4.69, 9.17) is 66.5 Å². The van der Waals surface area contributed by atoms with Gasteiger partial charge in [0.1, 0.15) is 0 Å². The summed E-state index contributed by atoms with van der Waals surface area (Å²) in [5, 5.41) is 0. The van der Waals surface area contributed by atoms with Gasteiger partial charge in [-0.25, -0.2) is 0 Å². The lowest BCUT2D eigenvalue weighted by Crippen LogP contribution is -2.01. The van der Waals surface area contributed by atoms with E-state index in [0.29, 0.717) is 0 Å². The molecule has 0 aromatic rings. The highest BCUT2D eigenvalue weighted by Crippen LogP contribution is 2.19. The SMILES string of the molecule is C=C[Si](Cl)(Cl)Cl.Cl[SiH](Cl)Cl. The molecule has 0 amide bonds. The normalized spacial score (nSPS) is 10.3. The van der Waals surface area contributed by atoms with E-state index < -0.39 is 12.7 Å². The lowest BCUT2D eigenvalue weighted by molar-refractivity contribution is 2.56. The average Bonchev–Trinajstić information content (AvgIpc) is 1.63. The summed E-state index contributed by atoms with van der Waals surface area (Å²) in [6.07, 6.45) is 0. The van der Waals surface area contributed by atoms with Crippen LogP contribution in [0.1, 0.15) is 0 Å². The molecule has 10 heavy (non-hydrogen) atoms. The third-order valence-electron chi connectivity index (χ3n) is 0.231. The summed E-state index contributed by atoms with van der Waals surface area (Å²) >= 11 is 30.6. The predicted molar refractivity (Wildman–Crippen MR) is 58.2 cm³/mol. The predicted octanol–water partition coefficient (Wildman–Crippen LogP) is 3.79. The highest BCUT2D eigenvalue weighted by Gasteiger charge is 2.17. The van der Waals surface area contributed by atoms with E-state index >= 15 is 0 Å². The Labute approximate surface area is 90.8 Å². The molecule has 0 saturated carbocycles. The molecule has 62 valence electrons. The fourth-order valence-corrected chi connectivity index (χ4v) is 0. The van der Waals surface area contributed by atoms with Gasteiger partial charge in [-0.1, -0.05) is 5.70 Å². The summed E-state index contributed by atoms with van der Waals surface area (Å²) in [6.45, 7) is 1.58. The van der Waals surface area contributed by atoms with Crippen LogP contribution in [0.2, 0.25) is 0 Å². The van der Waals surface area contributed by atoms with Crippen LogP contribution in [0, 0.1) is 0 Å². The Morgan fingerprint density at radius 1 is 1.10 bits per heavy atom. The molecule has 0 bridgehead atoms. The van der Waals surface area contributed by atoms with Crippen molar-refractivity contribution < 1.29 is 0 Å². The molecule has 0 radical (unpaired) electrons. The van der Waals surface area contributed by atoms with Crippen LogP contribution in [0.5, 0.6) is 0 Å². The zero-order chi connectivity index (χ0) is 8.78. The second kappa shape index (κ2) is 7.56. The molecule has 0 nitrogen and oxygen atoms in total. The summed E-state index contributed by atoms with van der Waals surface area (Å²) in [5.41, 5.74) is 1.37. The molecule has 0 aliphatic rings. The molecule has 0 aromatic carbocycles. The third-order valence-corrected chi connectivity index (χ3v) is 2.08. The lowest BCUT2D eigenvalue weighted by Gasteiger charge is -1.92. The minimum absolute atomic E-state index is 1.37. The van der Waals surface area contributed by atoms with E-state index in [0.717, 1.165) is 0 Å². The minimum Gasteiger partial charge on any atom is -0.130 e. The van der Waals surface area contributed by atoms with Crippen LogP contribution in [0.25, 0.3) is 0 Å². The number of hydrogen-bond acceptors (Lipinski definition) is 0. The third kappa shape index (κ3) is 32.6. The van der Waals surface area contributed by atoms with E-state index in [-0.39, 0.29) is 0 Å². The Kier molecular flexibility index (Phi) is 10.9. The Balaban J connectivity index is 0. The fourth-order valence-electron chi connectivity index (χ4n) is 0. The van der Waals surface area contributed by atoms with Crippen molar-refractivity contribution >= 4 is 79.2 Å². The standard InChI is InChI=1S/C2H3Cl3Si.Cl3HSi/c1-2-6(3,4)5;1-4(2)3/h2H,1H2;4H. The Morgan fingerprint density at radius 3 is 1.20 bits per heavy atom. The van der Waals surface area contributed by atoms with Gasteiger partial charge < -0.3 is 0 Å². The second-order valence-electron chi connectivity index (χ2n) is 0.993. The highest BCUT2D eigenvalue weighted by atomic mass is 35.8. The van der Waals surface area contributed by atoms with E-state index in [2.05, 4.69) is 6.58 Å². The summed E-state index contributed by atoms with van der Waals surface area (Å²) in [6, 6.07) is -2.45. The van der Waals surface area contributed by atoms with E-state index in [1.54, 1.807) is 0 Å². The van der Waals surface area contributed by atoms with Gasteiger partial charge in [-0.05, 0) is 0 Å². The molecule has 0 atom stereocenters. The first-order valence-electron chi connectivity index (χ1n) is 1.92. The molecule has 8 heteroatoms. The van der Waals surface area contributed by atoms with Crippen molar-refractivity contribution in [3.05, 3.63) is 12.3 Å². The molecule has 0 aliphatic carbocycles. The molecule has 0 heterocycles. The zero-order valence-corrected chi connectivity index (χ0v) is 11.3. The minimum atomic E-state index is -2.45. The zero-order valence-electron chi connectivity index (χ0n) is 4.63. The van der Waals surface area contributed by atoms with Gasteiger partial charge >= 0.3 is 12.7 Å². The fraction of sp³-hybridized carbons (Fsp3) is 0. The van der Waals surface area contributed by atoms with Gasteiger partial charge in [0.15, 0.2) is 0 Å². The van der Waals surface area contributed by atoms with Crippen molar-refractivity contribution in [2.45, 2.75) is 0 Å². The van der Waals surface area contributed by atoms with E-state index in [9.17, 15) is 0 Å². The first-order valence-corrected chi connectivity index (χ1v) is 12.3. The van der Waals surface area contributed by atoms with Gasteiger partial charge in [0.2, 0.25) is 0 Å². The summed E-state index contributed by atoms with van der Waals surface area (Å²) in [5.74, 6) is 0. The van der Waals surface area contributed by atoms with Gasteiger partial charge in [-0.15, -0.1) is 73.1 Å². The topological polar surface area (TPSA) is 0 Å². The highest BCUT2D eigenvalue weighted by molar-refractivity contribution is 7.66. The van der Waals surface area contributed by atoms with Crippen LogP contribution < -0.4 is 0 Å². The van der Waals surface area contributed by atoms with Crippen LogP contribution >= 0.6 is 66.5 Å². The number of hydrogen-bond donors (Lipinski definition) is 0. The molecule has 0 spiro atoms. The lowest BCUT2D eigenvalue weighted by atomic mass is 11.3. The number of rotatable bonds is 1. The van der Waals surface area contributed by atoms with E-state index in [1.165, 1.54) is 5.70 Å². The van der Waals surface area contributed by atoms with Crippen molar-refractivity contribution in [2.24, 2.45) is 0 Å². The summed E-state index contributed by atoms with van der Waals surface area (Å²) < 4.78 is 0. The maximum atomic E-state index is 5.27. The molecule has 0 rings (SSSR count). The average molecular weight is 297 g/mol. The molecule has 0 unspecified atom stereocenters. The van der Waals surface area contributed by atoms with Crippen molar-refractivity contribution in [2.75, 3.05) is 0 Å². The maximum Gasteiger partial charge on any atom is 0.365 e. The van der Waals surface area contributed by atoms with Gasteiger partial charge in [-0.3, -0.25) is 0 Å². The van der Waals surface area contributed by atoms with Crippen LogP contribution in [-0.2, 0) is 0 Å². The molecule has 0 fully saturated rings. The second-order valence-corrected chi connectivity index (χ2v) is 16.0. The van der Waals surface area contributed by atoms with Crippen molar-refractivity contribution in [3.8, 4) is 0 Å². The maximum absolute atomic E-state index is 5.27.